The van der Waals surface area contributed by atoms with Crippen LogP contribution in [0.1, 0.15) is 11.1 Å². The molecule has 0 bridgehead atoms. The van der Waals surface area contributed by atoms with Crippen molar-refractivity contribution in [1.82, 2.24) is 4.83 Å². The second-order valence-electron chi connectivity index (χ2n) is 2.88. The van der Waals surface area contributed by atoms with Crippen molar-refractivity contribution >= 4 is 15.9 Å². The van der Waals surface area contributed by atoms with E-state index in [0.29, 0.717) is 11.3 Å². The SMILES string of the molecule is Cc1cccc(C#N)c1NNS(N)(=O)=O. The number of nitrogens with two attached hydrogens (primary N) is 1. The van der Waals surface area contributed by atoms with E-state index in [9.17, 15) is 8.42 Å². The first kappa shape index (κ1) is 11.5. The summed E-state index contributed by atoms with van der Waals surface area (Å²) in [6.07, 6.45) is 0. The molecule has 15 heavy (non-hydrogen) atoms. The van der Waals surface area contributed by atoms with Gasteiger partial charge in [0.2, 0.25) is 0 Å². The van der Waals surface area contributed by atoms with Crippen LogP contribution < -0.4 is 15.4 Å². The molecule has 0 atom stereocenters. The van der Waals surface area contributed by atoms with E-state index in [4.69, 9.17) is 10.4 Å². The van der Waals surface area contributed by atoms with Crippen molar-refractivity contribution in [2.45, 2.75) is 6.92 Å². The average Bonchev–Trinajstić information content (AvgIpc) is 2.14. The molecule has 0 aliphatic rings. The second kappa shape index (κ2) is 4.27. The van der Waals surface area contributed by atoms with Crippen molar-refractivity contribution in [1.29, 1.82) is 5.26 Å². The predicted molar refractivity (Wildman–Crippen MR) is 55.8 cm³/mol. The lowest BCUT2D eigenvalue weighted by Crippen LogP contribution is -2.35. The highest BCUT2D eigenvalue weighted by Gasteiger charge is 2.06. The second-order valence-corrected chi connectivity index (χ2v) is 4.18. The van der Waals surface area contributed by atoms with Gasteiger partial charge in [-0.05, 0) is 18.6 Å². The van der Waals surface area contributed by atoms with Crippen LogP contribution in [0.2, 0.25) is 0 Å². The van der Waals surface area contributed by atoms with Gasteiger partial charge in [0, 0.05) is 0 Å². The van der Waals surface area contributed by atoms with Gasteiger partial charge in [0.25, 0.3) is 10.2 Å². The minimum absolute atomic E-state index is 0.339. The molecule has 0 saturated heterocycles. The number of rotatable bonds is 3. The largest absolute Gasteiger partial charge is 0.306 e. The summed E-state index contributed by atoms with van der Waals surface area (Å²) < 4.78 is 21.3. The molecule has 1 aromatic rings. The molecule has 0 heterocycles. The third-order valence-corrected chi connectivity index (χ3v) is 2.10. The summed E-state index contributed by atoms with van der Waals surface area (Å²) in [7, 11) is -3.83. The van der Waals surface area contributed by atoms with Crippen molar-refractivity contribution < 1.29 is 8.42 Å². The van der Waals surface area contributed by atoms with Crippen LogP contribution in [0.4, 0.5) is 5.69 Å². The summed E-state index contributed by atoms with van der Waals surface area (Å²) in [5.41, 5.74) is 3.86. The van der Waals surface area contributed by atoms with Crippen molar-refractivity contribution in [3.05, 3.63) is 29.3 Å². The van der Waals surface area contributed by atoms with Crippen LogP contribution in [-0.2, 0) is 10.2 Å². The molecule has 0 unspecified atom stereocenters. The predicted octanol–water partition coefficient (Wildman–Crippen LogP) is -0.0133. The summed E-state index contributed by atoms with van der Waals surface area (Å²) in [5.74, 6) is 0. The number of nitrogens with one attached hydrogen (secondary N) is 2. The fourth-order valence-corrected chi connectivity index (χ4v) is 1.29. The van der Waals surface area contributed by atoms with Crippen LogP contribution in [0.25, 0.3) is 0 Å². The van der Waals surface area contributed by atoms with Crippen LogP contribution in [0.15, 0.2) is 18.2 Å². The van der Waals surface area contributed by atoms with Gasteiger partial charge in [-0.15, -0.1) is 4.83 Å². The Morgan fingerprint density at radius 3 is 2.67 bits per heavy atom. The Labute approximate surface area is 87.9 Å². The van der Waals surface area contributed by atoms with E-state index in [2.05, 4.69) is 5.43 Å². The summed E-state index contributed by atoms with van der Waals surface area (Å²) in [6, 6.07) is 6.95. The van der Waals surface area contributed by atoms with Crippen LogP contribution in [0, 0.1) is 18.3 Å². The fourth-order valence-electron chi connectivity index (χ4n) is 1.05. The maximum Gasteiger partial charge on any atom is 0.291 e. The van der Waals surface area contributed by atoms with E-state index in [1.165, 1.54) is 0 Å². The molecule has 1 aromatic carbocycles. The Morgan fingerprint density at radius 1 is 1.47 bits per heavy atom. The van der Waals surface area contributed by atoms with Gasteiger partial charge >= 0.3 is 0 Å². The molecule has 0 aliphatic carbocycles. The van der Waals surface area contributed by atoms with Crippen LogP contribution in [0.5, 0.6) is 0 Å². The summed E-state index contributed by atoms with van der Waals surface area (Å²) in [4.78, 5) is 1.90. The van der Waals surface area contributed by atoms with Crippen LogP contribution in [0.3, 0.4) is 0 Å². The molecule has 80 valence electrons. The minimum atomic E-state index is -3.83. The van der Waals surface area contributed by atoms with Gasteiger partial charge in [0.05, 0.1) is 11.3 Å². The topological polar surface area (TPSA) is 108 Å². The number of nitriles is 1. The first-order valence-corrected chi connectivity index (χ1v) is 5.54. The van der Waals surface area contributed by atoms with Gasteiger partial charge in [-0.2, -0.15) is 13.7 Å². The van der Waals surface area contributed by atoms with Gasteiger partial charge < -0.3 is 5.43 Å². The third-order valence-electron chi connectivity index (χ3n) is 1.71. The van der Waals surface area contributed by atoms with Gasteiger partial charge in [0.1, 0.15) is 6.07 Å². The van der Waals surface area contributed by atoms with Crippen molar-refractivity contribution in [2.24, 2.45) is 5.14 Å². The zero-order valence-electron chi connectivity index (χ0n) is 7.98. The average molecular weight is 226 g/mol. The molecule has 1 rings (SSSR count). The van der Waals surface area contributed by atoms with Crippen LogP contribution in [-0.4, -0.2) is 8.42 Å². The molecule has 0 saturated carbocycles. The van der Waals surface area contributed by atoms with E-state index >= 15 is 0 Å². The van der Waals surface area contributed by atoms with Gasteiger partial charge in [-0.1, -0.05) is 12.1 Å². The first-order valence-electron chi connectivity index (χ1n) is 3.99. The molecule has 0 spiro atoms. The Hall–Kier alpha value is -1.62. The van der Waals surface area contributed by atoms with E-state index in [1.807, 2.05) is 10.9 Å². The van der Waals surface area contributed by atoms with E-state index in [-0.39, 0.29) is 0 Å². The van der Waals surface area contributed by atoms with E-state index < -0.39 is 10.2 Å². The third kappa shape index (κ3) is 3.21. The lowest BCUT2D eigenvalue weighted by molar-refractivity contribution is 0.589. The number of anilines is 1. The molecule has 0 aromatic heterocycles. The summed E-state index contributed by atoms with van der Waals surface area (Å²) >= 11 is 0. The molecule has 7 heteroatoms. The maximum absolute atomic E-state index is 10.6. The standard InChI is InChI=1S/C8H10N4O2S/c1-6-3-2-4-7(5-9)8(6)11-12-15(10,13)14/h2-4,11-12H,1H3,(H2,10,13,14). The van der Waals surface area contributed by atoms with Crippen LogP contribution >= 0.6 is 0 Å². The number of aryl methyl sites for hydroxylation is 1. The number of benzene rings is 1. The van der Waals surface area contributed by atoms with Crippen molar-refractivity contribution in [2.75, 3.05) is 5.43 Å². The molecule has 0 radical (unpaired) electrons. The molecular formula is C8H10N4O2S. The Kier molecular flexibility index (Phi) is 3.26. The van der Waals surface area contributed by atoms with E-state index in [1.54, 1.807) is 25.1 Å². The monoisotopic (exact) mass is 226 g/mol. The number of hydrogen-bond donors (Lipinski definition) is 3. The summed E-state index contributed by atoms with van der Waals surface area (Å²) in [5, 5.41) is 13.5. The van der Waals surface area contributed by atoms with Gasteiger partial charge in [0.15, 0.2) is 0 Å². The lowest BCUT2D eigenvalue weighted by atomic mass is 10.1. The smallest absolute Gasteiger partial charge is 0.291 e. The quantitative estimate of drug-likeness (QED) is 0.630. The highest BCUT2D eigenvalue weighted by atomic mass is 32.2. The zero-order valence-corrected chi connectivity index (χ0v) is 8.80. The molecule has 0 amide bonds. The maximum atomic E-state index is 10.6. The molecule has 0 fully saturated rings. The molecular weight excluding hydrogens is 216 g/mol. The highest BCUT2D eigenvalue weighted by Crippen LogP contribution is 2.18. The van der Waals surface area contributed by atoms with E-state index in [0.717, 1.165) is 5.56 Å². The lowest BCUT2D eigenvalue weighted by Gasteiger charge is -2.10. The number of hydrogen-bond acceptors (Lipinski definition) is 4. The van der Waals surface area contributed by atoms with Crippen molar-refractivity contribution in [3.8, 4) is 6.07 Å². The number of nitrogens with zero attached hydrogens (tertiary/aromatic N) is 1. The first-order chi connectivity index (χ1) is 6.94. The number of hydrazine groups is 1. The highest BCUT2D eigenvalue weighted by molar-refractivity contribution is 7.87. The number of para-hydroxylation sites is 1. The Balaban J connectivity index is 3.00. The van der Waals surface area contributed by atoms with Crippen molar-refractivity contribution in [3.63, 3.8) is 0 Å². The Bertz CT molecular complexity index is 504. The normalized spacial score (nSPS) is 10.7. The molecule has 0 aliphatic heterocycles. The Morgan fingerprint density at radius 2 is 2.13 bits per heavy atom. The fraction of sp³-hybridized carbons (Fsp3) is 0.125. The zero-order chi connectivity index (χ0) is 11.5. The van der Waals surface area contributed by atoms with Gasteiger partial charge in [-0.3, -0.25) is 0 Å². The minimum Gasteiger partial charge on any atom is -0.306 e. The molecule has 6 nitrogen and oxygen atoms in total. The molecule has 4 N–H and O–H groups in total. The summed E-state index contributed by atoms with van der Waals surface area (Å²) in [6.45, 7) is 1.74. The van der Waals surface area contributed by atoms with Gasteiger partial charge in [-0.25, -0.2) is 5.14 Å².